The number of pyridine rings is 1. The van der Waals surface area contributed by atoms with Crippen molar-refractivity contribution >= 4 is 0 Å². The molecule has 2 bridgehead atoms. The number of rotatable bonds is 3. The highest BCUT2D eigenvalue weighted by atomic mass is 15.2. The van der Waals surface area contributed by atoms with Crippen LogP contribution in [0.5, 0.6) is 0 Å². The number of aromatic nitrogens is 1. The molecule has 19 heavy (non-hydrogen) atoms. The molecule has 2 aliphatic heterocycles. The van der Waals surface area contributed by atoms with Gasteiger partial charge in [0.05, 0.1) is 5.69 Å². The second-order valence-corrected chi connectivity index (χ2v) is 6.22. The maximum Gasteiger partial charge on any atom is 0.0570 e. The molecule has 2 unspecified atom stereocenters. The molecule has 2 aliphatic rings. The average molecular weight is 259 g/mol. The molecule has 2 atom stereocenters. The van der Waals surface area contributed by atoms with E-state index in [1.54, 1.807) is 0 Å². The fourth-order valence-corrected chi connectivity index (χ4v) is 3.73. The summed E-state index contributed by atoms with van der Waals surface area (Å²) in [6, 6.07) is 6.43. The first kappa shape index (κ1) is 13.1. The van der Waals surface area contributed by atoms with Crippen LogP contribution in [0.1, 0.15) is 43.4 Å². The summed E-state index contributed by atoms with van der Waals surface area (Å²) < 4.78 is 0. The molecule has 104 valence electrons. The fourth-order valence-electron chi connectivity index (χ4n) is 3.73. The molecule has 2 fully saturated rings. The Morgan fingerprint density at radius 2 is 2.05 bits per heavy atom. The van der Waals surface area contributed by atoms with Crippen molar-refractivity contribution in [3.05, 3.63) is 29.6 Å². The van der Waals surface area contributed by atoms with Crippen molar-refractivity contribution in [1.82, 2.24) is 15.2 Å². The van der Waals surface area contributed by atoms with Gasteiger partial charge in [-0.05, 0) is 51.3 Å². The Balaban J connectivity index is 1.58. The largest absolute Gasteiger partial charge is 0.308 e. The first-order valence-electron chi connectivity index (χ1n) is 7.60. The number of hydrogen-bond acceptors (Lipinski definition) is 3. The molecule has 3 rings (SSSR count). The number of aryl methyl sites for hydroxylation is 1. The van der Waals surface area contributed by atoms with Gasteiger partial charge in [0.15, 0.2) is 0 Å². The van der Waals surface area contributed by atoms with Crippen molar-refractivity contribution in [2.24, 2.45) is 0 Å². The summed E-state index contributed by atoms with van der Waals surface area (Å²) in [6.45, 7) is 3.06. The summed E-state index contributed by atoms with van der Waals surface area (Å²) in [5, 5.41) is 3.74. The van der Waals surface area contributed by atoms with Gasteiger partial charge in [-0.1, -0.05) is 12.5 Å². The maximum atomic E-state index is 4.48. The van der Waals surface area contributed by atoms with Crippen molar-refractivity contribution in [1.29, 1.82) is 0 Å². The van der Waals surface area contributed by atoms with E-state index in [0.29, 0.717) is 6.04 Å². The normalized spacial score (nSPS) is 31.4. The quantitative estimate of drug-likeness (QED) is 0.904. The van der Waals surface area contributed by atoms with Crippen LogP contribution < -0.4 is 5.32 Å². The van der Waals surface area contributed by atoms with Crippen molar-refractivity contribution in [3.8, 4) is 0 Å². The maximum absolute atomic E-state index is 4.48. The molecule has 2 saturated heterocycles. The van der Waals surface area contributed by atoms with E-state index in [1.165, 1.54) is 43.4 Å². The third-order valence-electron chi connectivity index (χ3n) is 5.02. The number of hydrogen-bond donors (Lipinski definition) is 1. The van der Waals surface area contributed by atoms with Crippen molar-refractivity contribution in [2.75, 3.05) is 7.05 Å². The second-order valence-electron chi connectivity index (χ2n) is 6.22. The van der Waals surface area contributed by atoms with Crippen LogP contribution >= 0.6 is 0 Å². The van der Waals surface area contributed by atoms with E-state index >= 15 is 0 Å². The predicted octanol–water partition coefficient (Wildman–Crippen LogP) is 2.49. The molecule has 0 amide bonds. The lowest BCUT2D eigenvalue weighted by Gasteiger charge is -2.47. The highest BCUT2D eigenvalue weighted by Gasteiger charge is 2.35. The molecule has 1 aromatic rings. The fraction of sp³-hybridized carbons (Fsp3) is 0.688. The number of piperidine rings is 2. The van der Waals surface area contributed by atoms with Gasteiger partial charge in [0.25, 0.3) is 0 Å². The van der Waals surface area contributed by atoms with E-state index in [1.807, 2.05) is 12.3 Å². The number of nitrogens with one attached hydrogen (secondary N) is 1. The third-order valence-corrected chi connectivity index (χ3v) is 5.02. The Morgan fingerprint density at radius 1 is 1.32 bits per heavy atom. The minimum Gasteiger partial charge on any atom is -0.308 e. The highest BCUT2D eigenvalue weighted by molar-refractivity contribution is 5.17. The average Bonchev–Trinajstić information content (AvgIpc) is 2.38. The molecule has 3 nitrogen and oxygen atoms in total. The van der Waals surface area contributed by atoms with Gasteiger partial charge in [-0.25, -0.2) is 0 Å². The van der Waals surface area contributed by atoms with Crippen LogP contribution in [0.25, 0.3) is 0 Å². The van der Waals surface area contributed by atoms with Crippen LogP contribution in [0.2, 0.25) is 0 Å². The van der Waals surface area contributed by atoms with Gasteiger partial charge in [-0.3, -0.25) is 4.98 Å². The standard InChI is InChI=1S/C16H25N3/c1-12-5-4-8-17-16(12)11-18-13-9-14-6-3-7-15(10-13)19(14)2/h4-5,8,13-15,18H,3,6-7,9-11H2,1-2H3. The van der Waals surface area contributed by atoms with Gasteiger partial charge in [0.1, 0.15) is 0 Å². The van der Waals surface area contributed by atoms with E-state index < -0.39 is 0 Å². The summed E-state index contributed by atoms with van der Waals surface area (Å²) in [6.07, 6.45) is 8.69. The van der Waals surface area contributed by atoms with E-state index in [2.05, 4.69) is 35.2 Å². The minimum absolute atomic E-state index is 0.674. The van der Waals surface area contributed by atoms with Crippen LogP contribution in [0.15, 0.2) is 18.3 Å². The summed E-state index contributed by atoms with van der Waals surface area (Å²) in [4.78, 5) is 7.10. The van der Waals surface area contributed by atoms with Gasteiger partial charge in [-0.2, -0.15) is 0 Å². The lowest BCUT2D eigenvalue weighted by molar-refractivity contribution is 0.0481. The lowest BCUT2D eigenvalue weighted by atomic mass is 9.82. The summed E-state index contributed by atoms with van der Waals surface area (Å²) in [5.41, 5.74) is 2.50. The molecule has 3 heteroatoms. The molecule has 3 heterocycles. The Morgan fingerprint density at radius 3 is 2.74 bits per heavy atom. The number of nitrogens with zero attached hydrogens (tertiary/aromatic N) is 2. The second kappa shape index (κ2) is 5.59. The van der Waals surface area contributed by atoms with Crippen molar-refractivity contribution in [2.45, 2.75) is 63.7 Å². The smallest absolute Gasteiger partial charge is 0.0570 e. The molecular weight excluding hydrogens is 234 g/mol. The first-order valence-corrected chi connectivity index (χ1v) is 7.60. The van der Waals surface area contributed by atoms with Crippen LogP contribution in [0.4, 0.5) is 0 Å². The number of fused-ring (bicyclic) bond motifs is 2. The minimum atomic E-state index is 0.674. The Kier molecular flexibility index (Phi) is 3.85. The highest BCUT2D eigenvalue weighted by Crippen LogP contribution is 2.32. The molecule has 0 saturated carbocycles. The zero-order valence-corrected chi connectivity index (χ0v) is 12.1. The molecule has 0 radical (unpaired) electrons. The Labute approximate surface area is 116 Å². The summed E-state index contributed by atoms with van der Waals surface area (Å²) >= 11 is 0. The molecule has 0 aliphatic carbocycles. The van der Waals surface area contributed by atoms with Crippen LogP contribution in [0.3, 0.4) is 0 Å². The lowest BCUT2D eigenvalue weighted by Crippen LogP contribution is -2.54. The first-order chi connectivity index (χ1) is 9.24. The van der Waals surface area contributed by atoms with Crippen LogP contribution in [-0.2, 0) is 6.54 Å². The van der Waals surface area contributed by atoms with Gasteiger partial charge in [-0.15, -0.1) is 0 Å². The van der Waals surface area contributed by atoms with Gasteiger partial charge in [0, 0.05) is 30.9 Å². The van der Waals surface area contributed by atoms with E-state index in [-0.39, 0.29) is 0 Å². The SMILES string of the molecule is Cc1cccnc1CNC1CC2CCCC(C1)N2C. The van der Waals surface area contributed by atoms with Gasteiger partial charge >= 0.3 is 0 Å². The van der Waals surface area contributed by atoms with Crippen LogP contribution in [-0.4, -0.2) is 35.1 Å². The van der Waals surface area contributed by atoms with Crippen molar-refractivity contribution < 1.29 is 0 Å². The molecular formula is C16H25N3. The zero-order chi connectivity index (χ0) is 13.2. The molecule has 1 N–H and O–H groups in total. The van der Waals surface area contributed by atoms with Crippen LogP contribution in [0, 0.1) is 6.92 Å². The molecule has 0 spiro atoms. The third kappa shape index (κ3) is 2.82. The van der Waals surface area contributed by atoms with Gasteiger partial charge in [0.2, 0.25) is 0 Å². The Hall–Kier alpha value is -0.930. The van der Waals surface area contributed by atoms with E-state index in [0.717, 1.165) is 18.6 Å². The van der Waals surface area contributed by atoms with Crippen molar-refractivity contribution in [3.63, 3.8) is 0 Å². The Bertz CT molecular complexity index is 418. The van der Waals surface area contributed by atoms with E-state index in [4.69, 9.17) is 0 Å². The predicted molar refractivity (Wildman–Crippen MR) is 78.0 cm³/mol. The van der Waals surface area contributed by atoms with Gasteiger partial charge < -0.3 is 10.2 Å². The molecule has 1 aromatic heterocycles. The topological polar surface area (TPSA) is 28.2 Å². The van der Waals surface area contributed by atoms with E-state index in [9.17, 15) is 0 Å². The summed E-state index contributed by atoms with van der Waals surface area (Å²) in [7, 11) is 2.31. The molecule has 0 aromatic carbocycles. The monoisotopic (exact) mass is 259 g/mol. The zero-order valence-electron chi connectivity index (χ0n) is 12.1. The summed E-state index contributed by atoms with van der Waals surface area (Å²) in [5.74, 6) is 0.